The molecule has 238 valence electrons. The minimum Gasteiger partial charge on any atom is -0.496 e. The van der Waals surface area contributed by atoms with Crippen LogP contribution in [0.5, 0.6) is 17.2 Å². The number of aliphatic carboxylic acids is 1. The van der Waals surface area contributed by atoms with Crippen molar-refractivity contribution < 1.29 is 34.3 Å². The third-order valence-electron chi connectivity index (χ3n) is 8.32. The van der Waals surface area contributed by atoms with Gasteiger partial charge < -0.3 is 34.4 Å². The van der Waals surface area contributed by atoms with Gasteiger partial charge in [-0.3, -0.25) is 10.1 Å². The summed E-state index contributed by atoms with van der Waals surface area (Å²) < 4.78 is 17.9. The summed E-state index contributed by atoms with van der Waals surface area (Å²) in [4.78, 5) is 13.8. The number of aliphatic hydroxyl groups excluding tert-OH is 2. The lowest BCUT2D eigenvalue weighted by molar-refractivity contribution is -0.145. The van der Waals surface area contributed by atoms with Crippen LogP contribution in [0.4, 0.5) is 0 Å². The molecule has 0 aromatic heterocycles. The van der Waals surface area contributed by atoms with Gasteiger partial charge in [0.15, 0.2) is 0 Å². The van der Waals surface area contributed by atoms with Crippen molar-refractivity contribution in [2.24, 2.45) is 0 Å². The molecule has 1 heterocycles. The highest BCUT2D eigenvalue weighted by molar-refractivity contribution is 6.32. The summed E-state index contributed by atoms with van der Waals surface area (Å²) in [6, 6.07) is 15.6. The monoisotopic (exact) mass is 626 g/mol. The number of ether oxygens (including phenoxy) is 3. The van der Waals surface area contributed by atoms with E-state index in [0.717, 1.165) is 66.0 Å². The number of carboxylic acids is 1. The van der Waals surface area contributed by atoms with Crippen molar-refractivity contribution in [1.82, 2.24) is 10.2 Å². The first-order chi connectivity index (χ1) is 21.1. The Labute approximate surface area is 264 Å². The first kappa shape index (κ1) is 33.6. The van der Waals surface area contributed by atoms with Gasteiger partial charge in [-0.25, -0.2) is 0 Å². The molecule has 0 amide bonds. The van der Waals surface area contributed by atoms with Crippen molar-refractivity contribution >= 4 is 17.6 Å². The molecule has 0 spiro atoms. The van der Waals surface area contributed by atoms with Gasteiger partial charge in [-0.15, -0.1) is 0 Å². The zero-order valence-electron chi connectivity index (χ0n) is 25.9. The van der Waals surface area contributed by atoms with Crippen LogP contribution in [0.15, 0.2) is 48.5 Å². The molecule has 1 fully saturated rings. The molecule has 3 aromatic rings. The quantitative estimate of drug-likeness (QED) is 0.173. The van der Waals surface area contributed by atoms with E-state index in [0.29, 0.717) is 28.7 Å². The summed E-state index contributed by atoms with van der Waals surface area (Å²) in [5.74, 6) is 0.627. The molecule has 0 bridgehead atoms. The number of hydrogen-bond donors (Lipinski definition) is 4. The van der Waals surface area contributed by atoms with Crippen molar-refractivity contribution in [3.63, 3.8) is 0 Å². The fraction of sp³-hybridized carbons (Fsp3) is 0.441. The van der Waals surface area contributed by atoms with Gasteiger partial charge in [0.1, 0.15) is 29.4 Å². The zero-order chi connectivity index (χ0) is 31.9. The number of β-amino-alcohol motifs (C(OH)–C–C–N with tert-alkyl or cyclic N) is 1. The van der Waals surface area contributed by atoms with Crippen molar-refractivity contribution in [1.29, 1.82) is 0 Å². The predicted molar refractivity (Wildman–Crippen MR) is 171 cm³/mol. The number of halogens is 1. The van der Waals surface area contributed by atoms with Crippen molar-refractivity contribution in [3.8, 4) is 28.4 Å². The van der Waals surface area contributed by atoms with Crippen LogP contribution in [0.2, 0.25) is 5.02 Å². The minimum absolute atomic E-state index is 0.123. The number of carbonyl (C=O) groups is 1. The molecule has 44 heavy (non-hydrogen) atoms. The van der Waals surface area contributed by atoms with E-state index < -0.39 is 18.1 Å². The minimum atomic E-state index is -1.50. The van der Waals surface area contributed by atoms with Gasteiger partial charge >= 0.3 is 5.97 Å². The largest absolute Gasteiger partial charge is 0.496 e. The fourth-order valence-electron chi connectivity index (χ4n) is 5.34. The Kier molecular flexibility index (Phi) is 11.5. The van der Waals surface area contributed by atoms with Crippen LogP contribution in [-0.2, 0) is 17.9 Å². The average molecular weight is 627 g/mol. The third-order valence-corrected chi connectivity index (χ3v) is 8.61. The Morgan fingerprint density at radius 2 is 1.77 bits per heavy atom. The fourth-order valence-corrected chi connectivity index (χ4v) is 5.58. The highest BCUT2D eigenvalue weighted by atomic mass is 35.5. The lowest BCUT2D eigenvalue weighted by atomic mass is 9.93. The molecule has 4 N–H and O–H groups in total. The molecule has 0 saturated carbocycles. The van der Waals surface area contributed by atoms with Crippen LogP contribution in [-0.4, -0.2) is 77.8 Å². The van der Waals surface area contributed by atoms with Gasteiger partial charge in [-0.2, -0.15) is 0 Å². The van der Waals surface area contributed by atoms with Crippen LogP contribution in [0, 0.1) is 13.8 Å². The lowest BCUT2D eigenvalue weighted by Crippen LogP contribution is -2.52. The normalized spacial score (nSPS) is 16.5. The van der Waals surface area contributed by atoms with E-state index in [1.807, 2.05) is 24.3 Å². The Morgan fingerprint density at radius 1 is 1.05 bits per heavy atom. The predicted octanol–water partition coefficient (Wildman–Crippen LogP) is 4.97. The number of rotatable bonds is 15. The number of methoxy groups -OCH3 is 1. The number of likely N-dealkylation sites (tertiary alicyclic amines) is 1. The number of aliphatic hydroxyl groups is 2. The van der Waals surface area contributed by atoms with Crippen molar-refractivity contribution in [3.05, 3.63) is 75.8 Å². The summed E-state index contributed by atoms with van der Waals surface area (Å²) in [6.45, 7) is 8.61. The highest BCUT2D eigenvalue weighted by Gasteiger charge is 2.32. The first-order valence-electron chi connectivity index (χ1n) is 14.9. The van der Waals surface area contributed by atoms with E-state index in [1.165, 1.54) is 14.0 Å². The van der Waals surface area contributed by atoms with Crippen LogP contribution in [0.3, 0.4) is 0 Å². The Bertz CT molecular complexity index is 1450. The molecule has 10 heteroatoms. The van der Waals surface area contributed by atoms with E-state index in [9.17, 15) is 20.1 Å². The smallest absolute Gasteiger partial charge is 0.326 e. The summed E-state index contributed by atoms with van der Waals surface area (Å²) in [6.07, 6.45) is 1.54. The van der Waals surface area contributed by atoms with Crippen LogP contribution in [0.1, 0.15) is 42.0 Å². The van der Waals surface area contributed by atoms with Crippen molar-refractivity contribution in [2.45, 2.75) is 58.4 Å². The molecule has 0 unspecified atom stereocenters. The van der Waals surface area contributed by atoms with E-state index in [1.54, 1.807) is 12.1 Å². The van der Waals surface area contributed by atoms with Gasteiger partial charge in [0, 0.05) is 37.8 Å². The molecule has 1 saturated heterocycles. The Morgan fingerprint density at radius 3 is 2.43 bits per heavy atom. The first-order valence-corrected chi connectivity index (χ1v) is 15.2. The van der Waals surface area contributed by atoms with Crippen molar-refractivity contribution in [2.75, 3.05) is 40.0 Å². The molecule has 1 aliphatic heterocycles. The van der Waals surface area contributed by atoms with E-state index in [-0.39, 0.29) is 19.3 Å². The Balaban J connectivity index is 1.43. The molecule has 9 nitrogen and oxygen atoms in total. The lowest BCUT2D eigenvalue weighted by Gasteiger charge is -2.24. The molecule has 0 radical (unpaired) electrons. The van der Waals surface area contributed by atoms with E-state index in [4.69, 9.17) is 25.8 Å². The number of nitrogens with one attached hydrogen (secondary N) is 1. The zero-order valence-corrected chi connectivity index (χ0v) is 26.6. The SMILES string of the molecule is COc1cc(OCc2cccc(-c3cccc(OCCCN4CC[C@@H](O)C4)c3C)c2C)c(Cl)cc1CN[C@](C)(CO)C(=O)O. The van der Waals surface area contributed by atoms with Crippen LogP contribution >= 0.6 is 11.6 Å². The summed E-state index contributed by atoms with van der Waals surface area (Å²) in [5.41, 5.74) is 4.48. The number of hydrogen-bond acceptors (Lipinski definition) is 8. The number of nitrogens with zero attached hydrogens (tertiary/aromatic N) is 1. The standard InChI is InChI=1S/C34H43ClN2O7/c1-22-24(20-44-32-17-31(42-4)25(16-29(32)35)18-36-34(3,21-38)33(40)41)8-5-9-27(22)28-10-6-11-30(23(28)2)43-15-7-13-37-14-12-26(39)19-37/h5-6,8-11,16-17,26,36,38-39H,7,12-15,18-21H2,1-4H3,(H,40,41)/t26-,34-/m1/s1. The second-order valence-corrected chi connectivity index (χ2v) is 11.9. The molecule has 2 atom stereocenters. The number of benzene rings is 3. The topological polar surface area (TPSA) is 121 Å². The summed E-state index contributed by atoms with van der Waals surface area (Å²) in [7, 11) is 1.52. The maximum absolute atomic E-state index is 11.5. The third kappa shape index (κ3) is 8.02. The molecular weight excluding hydrogens is 584 g/mol. The maximum atomic E-state index is 11.5. The maximum Gasteiger partial charge on any atom is 0.326 e. The second-order valence-electron chi connectivity index (χ2n) is 11.5. The molecule has 4 rings (SSSR count). The Hall–Kier alpha value is -3.34. The average Bonchev–Trinajstić information content (AvgIpc) is 3.43. The summed E-state index contributed by atoms with van der Waals surface area (Å²) >= 11 is 6.57. The van der Waals surface area contributed by atoms with E-state index >= 15 is 0 Å². The van der Waals surface area contributed by atoms with Gasteiger partial charge in [-0.05, 0) is 73.6 Å². The summed E-state index contributed by atoms with van der Waals surface area (Å²) in [5, 5.41) is 31.9. The van der Waals surface area contributed by atoms with Crippen LogP contribution in [0.25, 0.3) is 11.1 Å². The highest BCUT2D eigenvalue weighted by Crippen LogP contribution is 2.36. The van der Waals surface area contributed by atoms with Gasteiger partial charge in [0.05, 0.1) is 31.5 Å². The van der Waals surface area contributed by atoms with Gasteiger partial charge in [0.2, 0.25) is 0 Å². The molecule has 1 aliphatic rings. The second kappa shape index (κ2) is 15.1. The van der Waals surface area contributed by atoms with E-state index in [2.05, 4.69) is 36.2 Å². The molecule has 3 aromatic carbocycles. The van der Waals surface area contributed by atoms with Crippen LogP contribution < -0.4 is 19.5 Å². The van der Waals surface area contributed by atoms with Gasteiger partial charge in [0.25, 0.3) is 0 Å². The number of carboxylic acid groups (broad SMARTS) is 1. The van der Waals surface area contributed by atoms with Gasteiger partial charge in [-0.1, -0.05) is 41.9 Å². The molecule has 0 aliphatic carbocycles. The molecular formula is C34H43ClN2O7.